The summed E-state index contributed by atoms with van der Waals surface area (Å²) in [6.45, 7) is 1.24. The summed E-state index contributed by atoms with van der Waals surface area (Å²) in [5.41, 5.74) is 5.41. The second-order valence-corrected chi connectivity index (χ2v) is 4.04. The third-order valence-corrected chi connectivity index (χ3v) is 2.88. The van der Waals surface area contributed by atoms with Gasteiger partial charge in [-0.05, 0) is 6.08 Å². The number of aliphatic carboxylic acids is 1. The van der Waals surface area contributed by atoms with Crippen LogP contribution in [0.5, 0.6) is 0 Å². The predicted molar refractivity (Wildman–Crippen MR) is 54.5 cm³/mol. The topological polar surface area (TPSA) is 110 Å². The number of hydrogen-bond acceptors (Lipinski definition) is 5. The van der Waals surface area contributed by atoms with Gasteiger partial charge in [0.25, 0.3) is 0 Å². The smallest absolute Gasteiger partial charge is 0.352 e. The highest BCUT2D eigenvalue weighted by molar-refractivity contribution is 5.99. The highest BCUT2D eigenvalue weighted by Crippen LogP contribution is 2.33. The summed E-state index contributed by atoms with van der Waals surface area (Å²) in [4.78, 5) is 34.4. The molecule has 0 bridgehead atoms. The lowest BCUT2D eigenvalue weighted by atomic mass is 9.86. The van der Waals surface area contributed by atoms with Gasteiger partial charge in [0.1, 0.15) is 17.8 Å². The Balaban J connectivity index is 2.26. The van der Waals surface area contributed by atoms with Gasteiger partial charge in [0, 0.05) is 13.3 Å². The second kappa shape index (κ2) is 3.85. The molecular weight excluding hydrogens is 228 g/mol. The van der Waals surface area contributed by atoms with E-state index in [-0.39, 0.29) is 5.70 Å². The Morgan fingerprint density at radius 1 is 1.59 bits per heavy atom. The zero-order valence-corrected chi connectivity index (χ0v) is 9.12. The highest BCUT2D eigenvalue weighted by Gasteiger charge is 2.51. The van der Waals surface area contributed by atoms with Gasteiger partial charge in [0.15, 0.2) is 0 Å². The third-order valence-electron chi connectivity index (χ3n) is 2.88. The Labute approximate surface area is 96.8 Å². The molecule has 3 N–H and O–H groups in total. The van der Waals surface area contributed by atoms with Gasteiger partial charge in [-0.1, -0.05) is 0 Å². The van der Waals surface area contributed by atoms with E-state index in [0.29, 0.717) is 6.42 Å². The summed E-state index contributed by atoms with van der Waals surface area (Å²) in [5.74, 6) is -2.14. The van der Waals surface area contributed by atoms with Crippen LogP contribution in [0, 0.1) is 0 Å². The lowest BCUT2D eigenvalue weighted by Crippen LogP contribution is -2.70. The van der Waals surface area contributed by atoms with E-state index in [9.17, 15) is 14.4 Å². The van der Waals surface area contributed by atoms with Crippen LogP contribution in [-0.4, -0.2) is 46.0 Å². The lowest BCUT2D eigenvalue weighted by Gasteiger charge is -2.48. The Hall–Kier alpha value is -1.89. The van der Waals surface area contributed by atoms with Gasteiger partial charge in [-0.3, -0.25) is 14.5 Å². The van der Waals surface area contributed by atoms with E-state index in [1.807, 2.05) is 0 Å². The molecule has 2 heterocycles. The maximum atomic E-state index is 11.4. The Kier molecular flexibility index (Phi) is 2.62. The molecular formula is C10H12N2O5. The van der Waals surface area contributed by atoms with E-state index in [2.05, 4.69) is 0 Å². The van der Waals surface area contributed by atoms with Crippen molar-refractivity contribution in [1.82, 2.24) is 4.90 Å². The first kappa shape index (κ1) is 11.6. The van der Waals surface area contributed by atoms with Crippen molar-refractivity contribution in [3.05, 3.63) is 11.8 Å². The fourth-order valence-electron chi connectivity index (χ4n) is 2.15. The predicted octanol–water partition coefficient (Wildman–Crippen LogP) is -1.17. The zero-order chi connectivity index (χ0) is 12.7. The number of rotatable bonds is 2. The number of carboxylic acids is 1. The number of amides is 1. The molecule has 1 fully saturated rings. The van der Waals surface area contributed by atoms with Crippen molar-refractivity contribution in [2.45, 2.75) is 31.5 Å². The molecule has 0 aliphatic carbocycles. The van der Waals surface area contributed by atoms with Crippen LogP contribution in [0.3, 0.4) is 0 Å². The van der Waals surface area contributed by atoms with Gasteiger partial charge >= 0.3 is 11.9 Å². The first-order valence-electron chi connectivity index (χ1n) is 5.13. The van der Waals surface area contributed by atoms with E-state index in [0.717, 1.165) is 4.90 Å². The van der Waals surface area contributed by atoms with E-state index >= 15 is 0 Å². The number of fused-ring (bicyclic) bond motifs is 1. The molecule has 1 amide bonds. The first-order chi connectivity index (χ1) is 7.91. The molecule has 0 aromatic heterocycles. The molecule has 2 aliphatic heterocycles. The molecule has 0 radical (unpaired) electrons. The maximum absolute atomic E-state index is 11.4. The standard InChI is InChI=1S/C10H12N2O5/c1-4(13)17-5-2-6-8(11)9(14)12(6)7(3-5)10(15)16/h3,5-6,8H,2,11H2,1H3,(H,15,16)/t5-,6+,8-/m1/s1. The van der Waals surface area contributed by atoms with Crippen molar-refractivity contribution in [1.29, 1.82) is 0 Å². The molecule has 7 heteroatoms. The number of carboxylic acid groups (broad SMARTS) is 1. The molecule has 7 nitrogen and oxygen atoms in total. The number of carbonyl (C=O) groups excluding carboxylic acids is 2. The monoisotopic (exact) mass is 240 g/mol. The lowest BCUT2D eigenvalue weighted by molar-refractivity contribution is -0.157. The van der Waals surface area contributed by atoms with E-state index in [1.54, 1.807) is 0 Å². The number of nitrogens with two attached hydrogens (primary N) is 1. The SMILES string of the molecule is CC(=O)O[C@H]1C=C(C(=O)O)N2C(=O)[C@H](N)[C@@H]2C1. The van der Waals surface area contributed by atoms with Crippen molar-refractivity contribution in [3.8, 4) is 0 Å². The van der Waals surface area contributed by atoms with E-state index in [4.69, 9.17) is 15.6 Å². The van der Waals surface area contributed by atoms with Crippen LogP contribution in [0.2, 0.25) is 0 Å². The molecule has 0 unspecified atom stereocenters. The number of nitrogens with zero attached hydrogens (tertiary/aromatic N) is 1. The van der Waals surface area contributed by atoms with Crippen molar-refractivity contribution >= 4 is 17.8 Å². The molecule has 0 saturated carbocycles. The molecule has 0 aromatic carbocycles. The largest absolute Gasteiger partial charge is 0.477 e. The third kappa shape index (κ3) is 1.78. The average Bonchev–Trinajstić information content (AvgIpc) is 2.26. The zero-order valence-electron chi connectivity index (χ0n) is 9.12. The van der Waals surface area contributed by atoms with Gasteiger partial charge in [-0.2, -0.15) is 0 Å². The molecule has 2 aliphatic rings. The van der Waals surface area contributed by atoms with Crippen LogP contribution >= 0.6 is 0 Å². The summed E-state index contributed by atoms with van der Waals surface area (Å²) in [7, 11) is 0. The normalized spacial score (nSPS) is 31.2. The first-order valence-corrected chi connectivity index (χ1v) is 5.13. The molecule has 0 spiro atoms. The minimum Gasteiger partial charge on any atom is -0.477 e. The second-order valence-electron chi connectivity index (χ2n) is 4.04. The fourth-order valence-corrected chi connectivity index (χ4v) is 2.15. The minimum atomic E-state index is -1.23. The number of esters is 1. The van der Waals surface area contributed by atoms with Gasteiger partial charge in [-0.25, -0.2) is 4.79 Å². The molecule has 92 valence electrons. The van der Waals surface area contributed by atoms with E-state index in [1.165, 1.54) is 13.0 Å². The number of ether oxygens (including phenoxy) is 1. The summed E-state index contributed by atoms with van der Waals surface area (Å²) >= 11 is 0. The summed E-state index contributed by atoms with van der Waals surface area (Å²) in [6, 6.07) is -1.11. The summed E-state index contributed by atoms with van der Waals surface area (Å²) in [6.07, 6.45) is 0.965. The molecule has 2 rings (SSSR count). The van der Waals surface area contributed by atoms with Crippen LogP contribution in [0.1, 0.15) is 13.3 Å². The van der Waals surface area contributed by atoms with Crippen LogP contribution in [-0.2, 0) is 19.1 Å². The van der Waals surface area contributed by atoms with Crippen LogP contribution in [0.15, 0.2) is 11.8 Å². The Bertz CT molecular complexity index is 430. The van der Waals surface area contributed by atoms with Crippen molar-refractivity contribution in [2.24, 2.45) is 5.73 Å². The van der Waals surface area contributed by atoms with Crippen molar-refractivity contribution in [3.63, 3.8) is 0 Å². The van der Waals surface area contributed by atoms with E-state index < -0.39 is 36.0 Å². The highest BCUT2D eigenvalue weighted by atomic mass is 16.5. The average molecular weight is 240 g/mol. The maximum Gasteiger partial charge on any atom is 0.352 e. The number of carbonyl (C=O) groups is 3. The van der Waals surface area contributed by atoms with Gasteiger partial charge < -0.3 is 15.6 Å². The molecule has 0 aromatic rings. The molecule has 3 atom stereocenters. The fraction of sp³-hybridized carbons (Fsp3) is 0.500. The van der Waals surface area contributed by atoms with Gasteiger partial charge in [-0.15, -0.1) is 0 Å². The summed E-state index contributed by atoms with van der Waals surface area (Å²) < 4.78 is 4.94. The summed E-state index contributed by atoms with van der Waals surface area (Å²) in [5, 5.41) is 8.97. The minimum absolute atomic E-state index is 0.167. The molecule has 1 saturated heterocycles. The van der Waals surface area contributed by atoms with Crippen LogP contribution in [0.25, 0.3) is 0 Å². The van der Waals surface area contributed by atoms with Crippen molar-refractivity contribution < 1.29 is 24.2 Å². The van der Waals surface area contributed by atoms with Crippen LogP contribution in [0.4, 0.5) is 0 Å². The van der Waals surface area contributed by atoms with Crippen molar-refractivity contribution in [2.75, 3.05) is 0 Å². The van der Waals surface area contributed by atoms with Gasteiger partial charge in [0.2, 0.25) is 5.91 Å². The van der Waals surface area contributed by atoms with Gasteiger partial charge in [0.05, 0.1) is 6.04 Å². The molecule has 17 heavy (non-hydrogen) atoms. The quantitative estimate of drug-likeness (QED) is 0.465. The Morgan fingerprint density at radius 3 is 2.76 bits per heavy atom. The Morgan fingerprint density at radius 2 is 2.24 bits per heavy atom. The van der Waals surface area contributed by atoms with Crippen LogP contribution < -0.4 is 5.73 Å². The number of β-lactam (4-membered cyclic amide) rings is 1. The number of hydrogen-bond donors (Lipinski definition) is 2.